The van der Waals surface area contributed by atoms with Crippen molar-refractivity contribution in [2.45, 2.75) is 25.3 Å². The fourth-order valence-electron chi connectivity index (χ4n) is 2.45. The predicted molar refractivity (Wildman–Crippen MR) is 79.5 cm³/mol. The van der Waals surface area contributed by atoms with E-state index in [1.807, 2.05) is 30.3 Å². The fraction of sp³-hybridized carbons (Fsp3) is 0.400. The van der Waals surface area contributed by atoms with Gasteiger partial charge >= 0.3 is 0 Å². The summed E-state index contributed by atoms with van der Waals surface area (Å²) in [6.45, 7) is 2.55. The van der Waals surface area contributed by atoms with E-state index >= 15 is 0 Å². The van der Waals surface area contributed by atoms with Gasteiger partial charge in [0.25, 0.3) is 5.91 Å². The molecule has 1 unspecified atom stereocenters. The highest BCUT2D eigenvalue weighted by molar-refractivity contribution is 7.20. The molecule has 1 aliphatic rings. The third-order valence-electron chi connectivity index (χ3n) is 3.95. The molecule has 0 aliphatic heterocycles. The Labute approximate surface area is 116 Å². The summed E-state index contributed by atoms with van der Waals surface area (Å²) in [4.78, 5) is 13.1. The quantitative estimate of drug-likeness (QED) is 0.900. The number of amides is 1. The molecule has 3 rings (SSSR count). The minimum absolute atomic E-state index is 0.000972. The number of thiophene rings is 1. The van der Waals surface area contributed by atoms with Crippen molar-refractivity contribution in [1.29, 1.82) is 0 Å². The van der Waals surface area contributed by atoms with Crippen LogP contribution < -0.4 is 11.1 Å². The summed E-state index contributed by atoms with van der Waals surface area (Å²) in [7, 11) is 0. The van der Waals surface area contributed by atoms with E-state index in [9.17, 15) is 4.79 Å². The Bertz CT molecular complexity index is 584. The summed E-state index contributed by atoms with van der Waals surface area (Å²) < 4.78 is 1.15. The molecular weight excluding hydrogens is 256 g/mol. The SMILES string of the molecule is CC(CN)(NC(=O)c1cc2ccccc2s1)C1CC1. The molecule has 2 aromatic rings. The zero-order valence-electron chi connectivity index (χ0n) is 11.0. The van der Waals surface area contributed by atoms with E-state index in [2.05, 4.69) is 12.2 Å². The van der Waals surface area contributed by atoms with Crippen LogP contribution in [0.1, 0.15) is 29.4 Å². The summed E-state index contributed by atoms with van der Waals surface area (Å²) in [6.07, 6.45) is 2.33. The average Bonchev–Trinajstić information content (AvgIpc) is 3.18. The lowest BCUT2D eigenvalue weighted by atomic mass is 9.96. The Balaban J connectivity index is 1.83. The summed E-state index contributed by atoms with van der Waals surface area (Å²) in [5.41, 5.74) is 5.58. The highest BCUT2D eigenvalue weighted by atomic mass is 32.1. The Kier molecular flexibility index (Phi) is 3.07. The summed E-state index contributed by atoms with van der Waals surface area (Å²) >= 11 is 1.54. The van der Waals surface area contributed by atoms with Crippen LogP contribution in [-0.4, -0.2) is 18.0 Å². The fourth-order valence-corrected chi connectivity index (χ4v) is 3.41. The molecule has 1 fully saturated rings. The normalized spacial score (nSPS) is 18.2. The molecule has 1 aromatic carbocycles. The minimum atomic E-state index is -0.257. The molecule has 1 amide bonds. The van der Waals surface area contributed by atoms with E-state index in [0.717, 1.165) is 15.0 Å². The molecule has 1 aromatic heterocycles. The van der Waals surface area contributed by atoms with Crippen LogP contribution in [0.5, 0.6) is 0 Å². The average molecular weight is 274 g/mol. The lowest BCUT2D eigenvalue weighted by Crippen LogP contribution is -2.53. The molecule has 0 saturated heterocycles. The third kappa shape index (κ3) is 2.38. The molecule has 1 aliphatic carbocycles. The van der Waals surface area contributed by atoms with Crippen LogP contribution in [0.3, 0.4) is 0 Å². The third-order valence-corrected chi connectivity index (χ3v) is 5.07. The molecule has 0 spiro atoms. The molecule has 3 nitrogen and oxygen atoms in total. The lowest BCUT2D eigenvalue weighted by molar-refractivity contribution is 0.0902. The van der Waals surface area contributed by atoms with E-state index in [0.29, 0.717) is 12.5 Å². The van der Waals surface area contributed by atoms with Gasteiger partial charge in [-0.05, 0) is 43.2 Å². The monoisotopic (exact) mass is 274 g/mol. The van der Waals surface area contributed by atoms with Crippen LogP contribution in [0.15, 0.2) is 30.3 Å². The van der Waals surface area contributed by atoms with Crippen molar-refractivity contribution in [3.8, 4) is 0 Å². The van der Waals surface area contributed by atoms with Gasteiger partial charge in [-0.2, -0.15) is 0 Å². The van der Waals surface area contributed by atoms with Gasteiger partial charge in [-0.15, -0.1) is 11.3 Å². The predicted octanol–water partition coefficient (Wildman–Crippen LogP) is 2.76. The number of hydrogen-bond acceptors (Lipinski definition) is 3. The van der Waals surface area contributed by atoms with Crippen LogP contribution in [-0.2, 0) is 0 Å². The number of carbonyl (C=O) groups is 1. The smallest absolute Gasteiger partial charge is 0.261 e. The van der Waals surface area contributed by atoms with Crippen LogP contribution in [0.2, 0.25) is 0 Å². The van der Waals surface area contributed by atoms with Crippen LogP contribution in [0.4, 0.5) is 0 Å². The van der Waals surface area contributed by atoms with Gasteiger partial charge in [0.15, 0.2) is 0 Å². The number of rotatable bonds is 4. The molecular formula is C15H18N2OS. The number of carbonyl (C=O) groups excluding carboxylic acids is 1. The van der Waals surface area contributed by atoms with Gasteiger partial charge in [-0.1, -0.05) is 18.2 Å². The first kappa shape index (κ1) is 12.6. The number of fused-ring (bicyclic) bond motifs is 1. The molecule has 0 bridgehead atoms. The molecule has 3 N–H and O–H groups in total. The van der Waals surface area contributed by atoms with Gasteiger partial charge in [0.2, 0.25) is 0 Å². The van der Waals surface area contributed by atoms with E-state index in [4.69, 9.17) is 5.73 Å². The maximum Gasteiger partial charge on any atom is 0.261 e. The molecule has 0 radical (unpaired) electrons. The number of nitrogens with one attached hydrogen (secondary N) is 1. The summed E-state index contributed by atoms with van der Waals surface area (Å²) in [5, 5.41) is 4.25. The van der Waals surface area contributed by atoms with Crippen molar-refractivity contribution in [1.82, 2.24) is 5.32 Å². The van der Waals surface area contributed by atoms with Crippen molar-refractivity contribution in [3.63, 3.8) is 0 Å². The van der Waals surface area contributed by atoms with E-state index in [1.54, 1.807) is 0 Å². The van der Waals surface area contributed by atoms with Crippen LogP contribution in [0.25, 0.3) is 10.1 Å². The number of hydrogen-bond donors (Lipinski definition) is 2. The molecule has 100 valence electrons. The Morgan fingerprint density at radius 3 is 2.84 bits per heavy atom. The molecule has 1 saturated carbocycles. The summed E-state index contributed by atoms with van der Waals surface area (Å²) in [5.74, 6) is 0.539. The molecule has 1 heterocycles. The van der Waals surface area contributed by atoms with E-state index < -0.39 is 0 Å². The van der Waals surface area contributed by atoms with Gasteiger partial charge in [-0.3, -0.25) is 4.79 Å². The Morgan fingerprint density at radius 2 is 2.21 bits per heavy atom. The Morgan fingerprint density at radius 1 is 1.47 bits per heavy atom. The van der Waals surface area contributed by atoms with E-state index in [1.165, 1.54) is 24.2 Å². The highest BCUT2D eigenvalue weighted by Gasteiger charge is 2.41. The second-order valence-corrected chi connectivity index (χ2v) is 6.58. The molecule has 19 heavy (non-hydrogen) atoms. The Hall–Kier alpha value is -1.39. The first-order valence-corrected chi connectivity index (χ1v) is 7.45. The molecule has 1 atom stereocenters. The lowest BCUT2D eigenvalue weighted by Gasteiger charge is -2.29. The second kappa shape index (κ2) is 4.62. The largest absolute Gasteiger partial charge is 0.345 e. The minimum Gasteiger partial charge on any atom is -0.345 e. The second-order valence-electron chi connectivity index (χ2n) is 5.50. The first-order chi connectivity index (χ1) is 9.12. The zero-order chi connectivity index (χ0) is 13.5. The standard InChI is InChI=1S/C15H18N2OS/c1-15(9-16,11-6-7-11)17-14(18)13-8-10-4-2-3-5-12(10)19-13/h2-5,8,11H,6-7,9,16H2,1H3,(H,17,18). The van der Waals surface area contributed by atoms with Crippen LogP contribution in [0, 0.1) is 5.92 Å². The highest BCUT2D eigenvalue weighted by Crippen LogP contribution is 2.39. The van der Waals surface area contributed by atoms with Gasteiger partial charge in [0, 0.05) is 11.2 Å². The van der Waals surface area contributed by atoms with Crippen molar-refractivity contribution < 1.29 is 4.79 Å². The van der Waals surface area contributed by atoms with Crippen molar-refractivity contribution in [3.05, 3.63) is 35.2 Å². The zero-order valence-corrected chi connectivity index (χ0v) is 11.8. The molecule has 4 heteroatoms. The van der Waals surface area contributed by atoms with Gasteiger partial charge in [-0.25, -0.2) is 0 Å². The van der Waals surface area contributed by atoms with E-state index in [-0.39, 0.29) is 11.4 Å². The van der Waals surface area contributed by atoms with Gasteiger partial charge in [0.1, 0.15) is 0 Å². The van der Waals surface area contributed by atoms with Crippen molar-refractivity contribution >= 4 is 27.3 Å². The summed E-state index contributed by atoms with van der Waals surface area (Å²) in [6, 6.07) is 10.0. The van der Waals surface area contributed by atoms with Crippen molar-refractivity contribution in [2.75, 3.05) is 6.54 Å². The topological polar surface area (TPSA) is 55.1 Å². The van der Waals surface area contributed by atoms with Gasteiger partial charge < -0.3 is 11.1 Å². The van der Waals surface area contributed by atoms with Crippen molar-refractivity contribution in [2.24, 2.45) is 11.7 Å². The number of nitrogens with two attached hydrogens (primary N) is 1. The van der Waals surface area contributed by atoms with Gasteiger partial charge in [0.05, 0.1) is 10.4 Å². The maximum atomic E-state index is 12.4. The first-order valence-electron chi connectivity index (χ1n) is 6.63. The van der Waals surface area contributed by atoms with Crippen LogP contribution >= 0.6 is 11.3 Å². The maximum absolute atomic E-state index is 12.4. The number of benzene rings is 1.